The van der Waals surface area contributed by atoms with E-state index in [0.717, 1.165) is 34.6 Å². The smallest absolute Gasteiger partial charge is 0.134 e. The number of hydrogen-bond donors (Lipinski definition) is 0. The van der Waals surface area contributed by atoms with Crippen LogP contribution in [0.4, 0.5) is 0 Å². The molecule has 1 heteroatoms. The number of para-hydroxylation sites is 2. The normalized spacial score (nSPS) is 12.4. The van der Waals surface area contributed by atoms with E-state index in [-0.39, 0.29) is 10.8 Å². The van der Waals surface area contributed by atoms with Gasteiger partial charge < -0.3 is 4.74 Å². The number of aryl methyl sites for hydroxylation is 2. The Morgan fingerprint density at radius 2 is 1.41 bits per heavy atom. The van der Waals surface area contributed by atoms with E-state index in [1.54, 1.807) is 0 Å². The van der Waals surface area contributed by atoms with Crippen LogP contribution in [0.2, 0.25) is 0 Å². The minimum atomic E-state index is 0.111. The summed E-state index contributed by atoms with van der Waals surface area (Å²) in [5, 5.41) is 0. The molecule has 0 saturated carbocycles. The molecule has 3 aromatic carbocycles. The van der Waals surface area contributed by atoms with Crippen molar-refractivity contribution in [2.45, 2.75) is 67.2 Å². The predicted molar refractivity (Wildman–Crippen MR) is 140 cm³/mol. The van der Waals surface area contributed by atoms with Crippen molar-refractivity contribution in [3.05, 3.63) is 94.0 Å². The summed E-state index contributed by atoms with van der Waals surface area (Å²) in [4.78, 5) is 0. The first-order chi connectivity index (χ1) is 14.9. The summed E-state index contributed by atoms with van der Waals surface area (Å²) in [6.07, 6.45) is 5.45. The maximum Gasteiger partial charge on any atom is 0.134 e. The Morgan fingerprint density at radius 3 is 2.03 bits per heavy atom. The van der Waals surface area contributed by atoms with Gasteiger partial charge in [-0.05, 0) is 65.0 Å². The molecule has 0 radical (unpaired) electrons. The van der Waals surface area contributed by atoms with Crippen LogP contribution in [-0.4, -0.2) is 0 Å². The first-order valence-corrected chi connectivity index (χ1v) is 11.6. The van der Waals surface area contributed by atoms with Crippen LogP contribution in [0.5, 0.6) is 11.5 Å². The molecule has 3 rings (SSSR count). The third-order valence-electron chi connectivity index (χ3n) is 5.61. The van der Waals surface area contributed by atoms with Crippen LogP contribution in [0.3, 0.4) is 0 Å². The molecule has 0 bridgehead atoms. The van der Waals surface area contributed by atoms with Crippen LogP contribution in [0.1, 0.15) is 74.9 Å². The highest BCUT2D eigenvalue weighted by Gasteiger charge is 2.18. The van der Waals surface area contributed by atoms with Gasteiger partial charge in [-0.25, -0.2) is 0 Å². The minimum Gasteiger partial charge on any atom is -0.456 e. The largest absolute Gasteiger partial charge is 0.456 e. The van der Waals surface area contributed by atoms with Gasteiger partial charge in [0.15, 0.2) is 0 Å². The van der Waals surface area contributed by atoms with Gasteiger partial charge in [0.1, 0.15) is 11.5 Å². The zero-order chi connectivity index (χ0) is 23.5. The van der Waals surface area contributed by atoms with Crippen LogP contribution >= 0.6 is 0 Å². The first-order valence-electron chi connectivity index (χ1n) is 11.6. The van der Waals surface area contributed by atoms with Crippen LogP contribution in [-0.2, 0) is 11.8 Å². The number of hydrogen-bond acceptors (Lipinski definition) is 1. The van der Waals surface area contributed by atoms with Gasteiger partial charge in [0.2, 0.25) is 0 Å². The summed E-state index contributed by atoms with van der Waals surface area (Å²) in [6, 6.07) is 21.5. The van der Waals surface area contributed by atoms with E-state index in [1.165, 1.54) is 16.7 Å². The lowest BCUT2D eigenvalue weighted by molar-refractivity contribution is 0.410. The van der Waals surface area contributed by atoms with Crippen molar-refractivity contribution >= 4 is 12.2 Å². The van der Waals surface area contributed by atoms with Gasteiger partial charge >= 0.3 is 0 Å². The second-order valence-electron chi connectivity index (χ2n) is 11.1. The SMILES string of the molecule is Cc1cccc(C)c1Oc1ccccc1/C=C/c1cc(CC(C)(C)C)cc(C(C)(C)C)c1. The van der Waals surface area contributed by atoms with Gasteiger partial charge in [-0.1, -0.05) is 108 Å². The van der Waals surface area contributed by atoms with Crippen molar-refractivity contribution in [2.75, 3.05) is 0 Å². The van der Waals surface area contributed by atoms with Crippen molar-refractivity contribution < 1.29 is 4.74 Å². The molecule has 0 saturated heterocycles. The van der Waals surface area contributed by atoms with Crippen LogP contribution in [0.25, 0.3) is 12.2 Å². The van der Waals surface area contributed by atoms with Crippen molar-refractivity contribution in [1.82, 2.24) is 0 Å². The van der Waals surface area contributed by atoms with Gasteiger partial charge in [-0.2, -0.15) is 0 Å². The monoisotopic (exact) mass is 426 g/mol. The summed E-state index contributed by atoms with van der Waals surface area (Å²) in [7, 11) is 0. The van der Waals surface area contributed by atoms with E-state index in [4.69, 9.17) is 4.74 Å². The Kier molecular flexibility index (Phi) is 6.98. The third kappa shape index (κ3) is 6.36. The Balaban J connectivity index is 1.97. The quantitative estimate of drug-likeness (QED) is 0.369. The van der Waals surface area contributed by atoms with Gasteiger partial charge in [0, 0.05) is 5.56 Å². The van der Waals surface area contributed by atoms with Crippen molar-refractivity contribution in [3.63, 3.8) is 0 Å². The molecule has 0 fully saturated rings. The summed E-state index contributed by atoms with van der Waals surface area (Å²) >= 11 is 0. The summed E-state index contributed by atoms with van der Waals surface area (Å²) in [6.45, 7) is 17.9. The molecule has 3 aromatic rings. The number of ether oxygens (including phenoxy) is 1. The van der Waals surface area contributed by atoms with Gasteiger partial charge in [-0.15, -0.1) is 0 Å². The second kappa shape index (κ2) is 9.36. The van der Waals surface area contributed by atoms with Gasteiger partial charge in [0.25, 0.3) is 0 Å². The topological polar surface area (TPSA) is 9.23 Å². The first kappa shape index (κ1) is 23.9. The fourth-order valence-electron chi connectivity index (χ4n) is 3.93. The summed E-state index contributed by atoms with van der Waals surface area (Å²) < 4.78 is 6.38. The lowest BCUT2D eigenvalue weighted by Gasteiger charge is -2.24. The fraction of sp³-hybridized carbons (Fsp3) is 0.355. The molecule has 32 heavy (non-hydrogen) atoms. The average Bonchev–Trinajstić information content (AvgIpc) is 2.68. The van der Waals surface area contributed by atoms with Crippen molar-refractivity contribution in [1.29, 1.82) is 0 Å². The molecular weight excluding hydrogens is 388 g/mol. The van der Waals surface area contributed by atoms with Crippen molar-refractivity contribution in [2.24, 2.45) is 5.41 Å². The zero-order valence-corrected chi connectivity index (χ0v) is 21.0. The van der Waals surface area contributed by atoms with Gasteiger partial charge in [-0.3, -0.25) is 0 Å². The van der Waals surface area contributed by atoms with E-state index in [2.05, 4.69) is 116 Å². The highest BCUT2D eigenvalue weighted by atomic mass is 16.5. The van der Waals surface area contributed by atoms with Gasteiger partial charge in [0.05, 0.1) is 0 Å². The lowest BCUT2D eigenvalue weighted by atomic mass is 9.81. The molecule has 0 aliphatic rings. The van der Waals surface area contributed by atoms with E-state index in [0.29, 0.717) is 0 Å². The molecule has 0 amide bonds. The molecule has 0 heterocycles. The third-order valence-corrected chi connectivity index (χ3v) is 5.61. The molecule has 0 atom stereocenters. The highest BCUT2D eigenvalue weighted by Crippen LogP contribution is 2.32. The molecule has 0 aliphatic heterocycles. The second-order valence-corrected chi connectivity index (χ2v) is 11.1. The Morgan fingerprint density at radius 1 is 0.750 bits per heavy atom. The maximum atomic E-state index is 6.38. The molecule has 0 spiro atoms. The van der Waals surface area contributed by atoms with Crippen LogP contribution < -0.4 is 4.74 Å². The lowest BCUT2D eigenvalue weighted by Crippen LogP contribution is -2.14. The Hall–Kier alpha value is -2.80. The molecule has 0 aromatic heterocycles. The summed E-state index contributed by atoms with van der Waals surface area (Å²) in [5.74, 6) is 1.82. The highest BCUT2D eigenvalue weighted by molar-refractivity contribution is 5.73. The maximum absolute atomic E-state index is 6.38. The molecule has 0 unspecified atom stereocenters. The molecule has 0 aliphatic carbocycles. The predicted octanol–water partition coefficient (Wildman–Crippen LogP) is 9.15. The van der Waals surface area contributed by atoms with Crippen molar-refractivity contribution in [3.8, 4) is 11.5 Å². The Labute approximate surface area is 195 Å². The molecule has 1 nitrogen and oxygen atoms in total. The number of rotatable bonds is 5. The van der Waals surface area contributed by atoms with E-state index in [9.17, 15) is 0 Å². The van der Waals surface area contributed by atoms with E-state index in [1.807, 2.05) is 12.1 Å². The standard InChI is InChI=1S/C31H38O/c1-22-12-11-13-23(2)29(22)32-28-15-10-9-14-26(28)17-16-24-18-25(21-30(3,4)5)20-27(19-24)31(6,7)8/h9-20H,21H2,1-8H3/b17-16+. The minimum absolute atomic E-state index is 0.111. The summed E-state index contributed by atoms with van der Waals surface area (Å²) in [5.41, 5.74) is 7.74. The fourth-order valence-corrected chi connectivity index (χ4v) is 3.93. The Bertz CT molecular complexity index is 1080. The number of benzene rings is 3. The van der Waals surface area contributed by atoms with E-state index >= 15 is 0 Å². The van der Waals surface area contributed by atoms with Crippen LogP contribution in [0, 0.1) is 19.3 Å². The molecule has 0 N–H and O–H groups in total. The van der Waals surface area contributed by atoms with E-state index < -0.39 is 0 Å². The van der Waals surface area contributed by atoms with Crippen LogP contribution in [0.15, 0.2) is 60.7 Å². The zero-order valence-electron chi connectivity index (χ0n) is 21.0. The average molecular weight is 427 g/mol. The molecule has 168 valence electrons. The molecular formula is C31H38O.